The number of anilines is 1. The Morgan fingerprint density at radius 2 is 1.90 bits per heavy atom. The molecule has 1 aromatic rings. The quantitative estimate of drug-likeness (QED) is 0.718. The lowest BCUT2D eigenvalue weighted by atomic mass is 10.1. The number of benzene rings is 1. The summed E-state index contributed by atoms with van der Waals surface area (Å²) in [4.78, 5) is 2.18. The predicted molar refractivity (Wildman–Crippen MR) is 85.7 cm³/mol. The van der Waals surface area contributed by atoms with Crippen LogP contribution in [0.25, 0.3) is 0 Å². The molecule has 0 unspecified atom stereocenters. The molecule has 2 nitrogen and oxygen atoms in total. The van der Waals surface area contributed by atoms with Crippen molar-refractivity contribution >= 4 is 5.69 Å². The predicted octanol–water partition coefficient (Wildman–Crippen LogP) is 4.20. The normalized spacial score (nSPS) is 11.4. The van der Waals surface area contributed by atoms with E-state index in [1.54, 1.807) is 12.1 Å². The number of nitrogens with one attached hydrogen (secondary N) is 1. The van der Waals surface area contributed by atoms with Gasteiger partial charge in [-0.1, -0.05) is 32.9 Å². The highest BCUT2D eigenvalue weighted by atomic mass is 19.1. The molecule has 0 radical (unpaired) electrons. The summed E-state index contributed by atoms with van der Waals surface area (Å²) < 4.78 is 14.4. The lowest BCUT2D eigenvalue weighted by Crippen LogP contribution is -2.36. The zero-order valence-corrected chi connectivity index (χ0v) is 13.5. The summed E-state index contributed by atoms with van der Waals surface area (Å²) >= 11 is 0. The highest BCUT2D eigenvalue weighted by Gasteiger charge is 2.19. The van der Waals surface area contributed by atoms with Crippen LogP contribution >= 0.6 is 0 Å². The van der Waals surface area contributed by atoms with Crippen molar-refractivity contribution in [1.29, 1.82) is 0 Å². The van der Waals surface area contributed by atoms with Crippen LogP contribution in [0.1, 0.15) is 46.6 Å². The van der Waals surface area contributed by atoms with Gasteiger partial charge in [0.05, 0.1) is 5.69 Å². The average Bonchev–Trinajstić information content (AvgIpc) is 2.36. The van der Waals surface area contributed by atoms with Crippen LogP contribution < -0.4 is 10.2 Å². The van der Waals surface area contributed by atoms with Gasteiger partial charge in [0.25, 0.3) is 0 Å². The molecule has 114 valence electrons. The van der Waals surface area contributed by atoms with Crippen molar-refractivity contribution in [2.24, 2.45) is 5.92 Å². The second-order valence-corrected chi connectivity index (χ2v) is 6.06. The van der Waals surface area contributed by atoms with Crippen LogP contribution in [0.5, 0.6) is 0 Å². The van der Waals surface area contributed by atoms with Gasteiger partial charge >= 0.3 is 0 Å². The SMILES string of the molecule is CCCNCc1cccc(F)c1N(CC(C)C)C(C)C. The molecule has 0 aromatic heterocycles. The molecule has 1 aromatic carbocycles. The number of rotatable bonds is 8. The molecule has 0 aliphatic carbocycles. The Morgan fingerprint density at radius 3 is 2.45 bits per heavy atom. The van der Waals surface area contributed by atoms with E-state index >= 15 is 0 Å². The fraction of sp³-hybridized carbons (Fsp3) is 0.647. The van der Waals surface area contributed by atoms with E-state index in [-0.39, 0.29) is 5.82 Å². The van der Waals surface area contributed by atoms with Crippen molar-refractivity contribution in [2.75, 3.05) is 18.0 Å². The Balaban J connectivity index is 3.04. The first kappa shape index (κ1) is 17.0. The summed E-state index contributed by atoms with van der Waals surface area (Å²) in [5.74, 6) is 0.392. The van der Waals surface area contributed by atoms with E-state index in [9.17, 15) is 4.39 Å². The summed E-state index contributed by atoms with van der Waals surface area (Å²) in [7, 11) is 0. The maximum absolute atomic E-state index is 14.4. The fourth-order valence-electron chi connectivity index (χ4n) is 2.38. The third-order valence-electron chi connectivity index (χ3n) is 3.28. The van der Waals surface area contributed by atoms with Crippen LogP contribution in [0.3, 0.4) is 0 Å². The van der Waals surface area contributed by atoms with Gasteiger partial charge in [-0.25, -0.2) is 4.39 Å². The minimum absolute atomic E-state index is 0.116. The van der Waals surface area contributed by atoms with E-state index < -0.39 is 0 Å². The molecule has 0 spiro atoms. The summed E-state index contributed by atoms with van der Waals surface area (Å²) in [6.45, 7) is 13.3. The molecule has 1 N–H and O–H groups in total. The van der Waals surface area contributed by atoms with Crippen molar-refractivity contribution in [3.8, 4) is 0 Å². The van der Waals surface area contributed by atoms with Crippen molar-refractivity contribution < 1.29 is 4.39 Å². The molecule has 20 heavy (non-hydrogen) atoms. The van der Waals surface area contributed by atoms with Gasteiger partial charge in [0.2, 0.25) is 0 Å². The molecule has 0 bridgehead atoms. The van der Waals surface area contributed by atoms with Crippen LogP contribution in [-0.4, -0.2) is 19.1 Å². The van der Waals surface area contributed by atoms with Crippen molar-refractivity contribution in [3.05, 3.63) is 29.6 Å². The highest BCUT2D eigenvalue weighted by molar-refractivity contribution is 5.55. The van der Waals surface area contributed by atoms with Gasteiger partial charge in [0.15, 0.2) is 0 Å². The molecule has 0 saturated heterocycles. The Labute approximate surface area is 123 Å². The van der Waals surface area contributed by atoms with Gasteiger partial charge in [-0.3, -0.25) is 0 Å². The Bertz CT molecular complexity index is 402. The number of hydrogen-bond acceptors (Lipinski definition) is 2. The van der Waals surface area contributed by atoms with Crippen LogP contribution in [0.15, 0.2) is 18.2 Å². The maximum Gasteiger partial charge on any atom is 0.146 e. The zero-order valence-electron chi connectivity index (χ0n) is 13.5. The third kappa shape index (κ3) is 4.78. The van der Waals surface area contributed by atoms with E-state index in [1.165, 1.54) is 0 Å². The molecule has 0 amide bonds. The second kappa shape index (κ2) is 8.25. The van der Waals surface area contributed by atoms with Gasteiger partial charge in [0.1, 0.15) is 5.82 Å². The van der Waals surface area contributed by atoms with Crippen LogP contribution in [0.4, 0.5) is 10.1 Å². The monoisotopic (exact) mass is 280 g/mol. The molecule has 0 heterocycles. The fourth-order valence-corrected chi connectivity index (χ4v) is 2.38. The van der Waals surface area contributed by atoms with Gasteiger partial charge in [-0.05, 0) is 44.4 Å². The first-order chi connectivity index (χ1) is 9.47. The molecule has 1 rings (SSSR count). The van der Waals surface area contributed by atoms with Crippen LogP contribution in [-0.2, 0) is 6.54 Å². The van der Waals surface area contributed by atoms with Gasteiger partial charge in [-0.15, -0.1) is 0 Å². The van der Waals surface area contributed by atoms with Crippen molar-refractivity contribution in [2.45, 2.75) is 53.6 Å². The minimum atomic E-state index is -0.116. The molecule has 0 fully saturated rings. The minimum Gasteiger partial charge on any atom is -0.366 e. The summed E-state index contributed by atoms with van der Waals surface area (Å²) in [5.41, 5.74) is 1.81. The number of nitrogens with zero attached hydrogens (tertiary/aromatic N) is 1. The third-order valence-corrected chi connectivity index (χ3v) is 3.28. The standard InChI is InChI=1S/C17H29FN2/c1-6-10-19-11-15-8-7-9-16(18)17(15)20(14(4)5)12-13(2)3/h7-9,13-14,19H,6,10-12H2,1-5H3. The van der Waals surface area contributed by atoms with E-state index in [1.807, 2.05) is 6.07 Å². The highest BCUT2D eigenvalue weighted by Crippen LogP contribution is 2.27. The average molecular weight is 280 g/mol. The summed E-state index contributed by atoms with van der Waals surface area (Å²) in [5, 5.41) is 3.37. The Hall–Kier alpha value is -1.09. The largest absolute Gasteiger partial charge is 0.366 e. The van der Waals surface area contributed by atoms with Gasteiger partial charge in [-0.2, -0.15) is 0 Å². The summed E-state index contributed by atoms with van der Waals surface area (Å²) in [6.07, 6.45) is 1.09. The summed E-state index contributed by atoms with van der Waals surface area (Å²) in [6, 6.07) is 5.68. The Kier molecular flexibility index (Phi) is 7.00. The van der Waals surface area contributed by atoms with Crippen LogP contribution in [0, 0.1) is 11.7 Å². The lowest BCUT2D eigenvalue weighted by molar-refractivity contribution is 0.544. The van der Waals surface area contributed by atoms with E-state index in [0.29, 0.717) is 12.0 Å². The van der Waals surface area contributed by atoms with Crippen LogP contribution in [0.2, 0.25) is 0 Å². The number of halogens is 1. The molecule has 0 aliphatic rings. The number of hydrogen-bond donors (Lipinski definition) is 1. The van der Waals surface area contributed by atoms with E-state index in [0.717, 1.165) is 37.3 Å². The first-order valence-electron chi connectivity index (χ1n) is 7.72. The molecule has 3 heteroatoms. The second-order valence-electron chi connectivity index (χ2n) is 6.06. The lowest BCUT2D eigenvalue weighted by Gasteiger charge is -2.33. The molecule has 0 saturated carbocycles. The zero-order chi connectivity index (χ0) is 15.1. The maximum atomic E-state index is 14.4. The van der Waals surface area contributed by atoms with Gasteiger partial charge in [0, 0.05) is 19.1 Å². The van der Waals surface area contributed by atoms with Crippen molar-refractivity contribution in [3.63, 3.8) is 0 Å². The molecule has 0 aliphatic heterocycles. The Morgan fingerprint density at radius 1 is 1.20 bits per heavy atom. The molecule has 0 atom stereocenters. The van der Waals surface area contributed by atoms with Crippen molar-refractivity contribution in [1.82, 2.24) is 5.32 Å². The number of para-hydroxylation sites is 1. The smallest absolute Gasteiger partial charge is 0.146 e. The molecular formula is C17H29FN2. The molecular weight excluding hydrogens is 251 g/mol. The van der Waals surface area contributed by atoms with E-state index in [4.69, 9.17) is 0 Å². The van der Waals surface area contributed by atoms with Gasteiger partial charge < -0.3 is 10.2 Å². The first-order valence-corrected chi connectivity index (χ1v) is 7.72. The topological polar surface area (TPSA) is 15.3 Å². The van der Waals surface area contributed by atoms with E-state index in [2.05, 4.69) is 44.8 Å².